The molecule has 0 aliphatic heterocycles. The topological polar surface area (TPSA) is 42.2 Å². The van der Waals surface area contributed by atoms with Crippen LogP contribution >= 0.6 is 0 Å². The predicted octanol–water partition coefficient (Wildman–Crippen LogP) is 0.619. The summed E-state index contributed by atoms with van der Waals surface area (Å²) >= 11 is 0. The van der Waals surface area contributed by atoms with Crippen LogP contribution in [0.3, 0.4) is 0 Å². The predicted molar refractivity (Wildman–Crippen MR) is 47.0 cm³/mol. The van der Waals surface area contributed by atoms with E-state index in [1.54, 1.807) is 18.3 Å². The Morgan fingerprint density at radius 2 is 2.33 bits per heavy atom. The van der Waals surface area contributed by atoms with E-state index in [4.69, 9.17) is 0 Å². The summed E-state index contributed by atoms with van der Waals surface area (Å²) in [6.45, 7) is 2.27. The van der Waals surface area contributed by atoms with Crippen LogP contribution in [-0.4, -0.2) is 15.8 Å². The lowest BCUT2D eigenvalue weighted by atomic mass is 10.3. The van der Waals surface area contributed by atoms with E-state index in [2.05, 4.69) is 0 Å². The molecule has 1 atom stereocenters. The van der Waals surface area contributed by atoms with Crippen LogP contribution in [0.25, 0.3) is 0 Å². The molecule has 66 valence electrons. The summed E-state index contributed by atoms with van der Waals surface area (Å²) in [5, 5.41) is 9.28. The fraction of sp³-hybridized carbons (Fsp3) is 0.444. The van der Waals surface area contributed by atoms with Crippen molar-refractivity contribution in [2.75, 3.05) is 0 Å². The molecule has 3 heteroatoms. The van der Waals surface area contributed by atoms with Crippen molar-refractivity contribution in [3.63, 3.8) is 0 Å². The van der Waals surface area contributed by atoms with Crippen LogP contribution in [0, 0.1) is 0 Å². The molecule has 0 aliphatic rings. The highest BCUT2D eigenvalue weighted by Gasteiger charge is 2.01. The second-order valence-corrected chi connectivity index (χ2v) is 2.75. The van der Waals surface area contributed by atoms with Gasteiger partial charge in [0.15, 0.2) is 0 Å². The first-order chi connectivity index (χ1) is 5.74. The summed E-state index contributed by atoms with van der Waals surface area (Å²) in [4.78, 5) is 11.1. The largest absolute Gasteiger partial charge is 0.391 e. The lowest BCUT2D eigenvalue weighted by Gasteiger charge is -2.09. The van der Waals surface area contributed by atoms with Gasteiger partial charge in [0.2, 0.25) is 0 Å². The Kier molecular flexibility index (Phi) is 3.05. The molecule has 0 aliphatic carbocycles. The summed E-state index contributed by atoms with van der Waals surface area (Å²) < 4.78 is 1.51. The molecule has 1 aromatic heterocycles. The van der Waals surface area contributed by atoms with Crippen LogP contribution in [0.15, 0.2) is 29.2 Å². The highest BCUT2D eigenvalue weighted by atomic mass is 16.3. The van der Waals surface area contributed by atoms with Crippen LogP contribution in [0.1, 0.15) is 13.3 Å². The molecule has 1 aromatic rings. The molecule has 12 heavy (non-hydrogen) atoms. The first-order valence-electron chi connectivity index (χ1n) is 4.07. The fourth-order valence-corrected chi connectivity index (χ4v) is 0.968. The average Bonchev–Trinajstić information content (AvgIpc) is 2.09. The van der Waals surface area contributed by atoms with Crippen molar-refractivity contribution in [3.05, 3.63) is 34.7 Å². The molecule has 0 saturated carbocycles. The lowest BCUT2D eigenvalue weighted by Crippen LogP contribution is -2.24. The molecule has 3 nitrogen and oxygen atoms in total. The monoisotopic (exact) mass is 167 g/mol. The number of rotatable bonds is 3. The molecular weight excluding hydrogens is 154 g/mol. The van der Waals surface area contributed by atoms with Gasteiger partial charge in [0.05, 0.1) is 12.6 Å². The average molecular weight is 167 g/mol. The molecule has 0 aromatic carbocycles. The van der Waals surface area contributed by atoms with Gasteiger partial charge in [-0.2, -0.15) is 0 Å². The molecule has 1 unspecified atom stereocenters. The maximum absolute atomic E-state index is 11.1. The van der Waals surface area contributed by atoms with Gasteiger partial charge in [0.25, 0.3) is 5.56 Å². The standard InChI is InChI=1S/C9H13NO2/c1-2-8(11)7-10-6-4-3-5-9(10)12/h3-6,8,11H,2,7H2,1H3. The van der Waals surface area contributed by atoms with E-state index in [0.29, 0.717) is 13.0 Å². The van der Waals surface area contributed by atoms with Crippen molar-refractivity contribution in [1.29, 1.82) is 0 Å². The summed E-state index contributed by atoms with van der Waals surface area (Å²) in [7, 11) is 0. The second kappa shape index (κ2) is 4.07. The Bertz CT molecular complexity index is 293. The lowest BCUT2D eigenvalue weighted by molar-refractivity contribution is 0.148. The third kappa shape index (κ3) is 2.20. The van der Waals surface area contributed by atoms with Gasteiger partial charge in [-0.15, -0.1) is 0 Å². The van der Waals surface area contributed by atoms with E-state index in [-0.39, 0.29) is 5.56 Å². The Labute approximate surface area is 71.3 Å². The molecular formula is C9H13NO2. The van der Waals surface area contributed by atoms with Crippen molar-refractivity contribution < 1.29 is 5.11 Å². The molecule has 0 amide bonds. The SMILES string of the molecule is CCC(O)Cn1ccccc1=O. The van der Waals surface area contributed by atoms with E-state index in [9.17, 15) is 9.90 Å². The van der Waals surface area contributed by atoms with Crippen LogP contribution in [0.2, 0.25) is 0 Å². The second-order valence-electron chi connectivity index (χ2n) is 2.75. The van der Waals surface area contributed by atoms with Crippen molar-refractivity contribution in [2.24, 2.45) is 0 Å². The number of aliphatic hydroxyl groups excluding tert-OH is 1. The molecule has 0 saturated heterocycles. The van der Waals surface area contributed by atoms with Crippen molar-refractivity contribution in [1.82, 2.24) is 4.57 Å². The molecule has 1 heterocycles. The fourth-order valence-electron chi connectivity index (χ4n) is 0.968. The van der Waals surface area contributed by atoms with E-state index in [1.807, 2.05) is 6.92 Å². The van der Waals surface area contributed by atoms with Gasteiger partial charge in [-0.05, 0) is 12.5 Å². The highest BCUT2D eigenvalue weighted by Crippen LogP contribution is 1.93. The Balaban J connectivity index is 2.76. The van der Waals surface area contributed by atoms with E-state index in [0.717, 1.165) is 0 Å². The number of aliphatic hydroxyl groups is 1. The third-order valence-corrected chi connectivity index (χ3v) is 1.78. The number of hydrogen-bond donors (Lipinski definition) is 1. The molecule has 0 radical (unpaired) electrons. The number of hydrogen-bond acceptors (Lipinski definition) is 2. The first-order valence-corrected chi connectivity index (χ1v) is 4.07. The number of pyridine rings is 1. The van der Waals surface area contributed by atoms with Gasteiger partial charge < -0.3 is 9.67 Å². The van der Waals surface area contributed by atoms with Crippen LogP contribution in [0.5, 0.6) is 0 Å². The van der Waals surface area contributed by atoms with Crippen LogP contribution in [-0.2, 0) is 6.54 Å². The summed E-state index contributed by atoms with van der Waals surface area (Å²) in [5.41, 5.74) is -0.0648. The van der Waals surface area contributed by atoms with E-state index >= 15 is 0 Å². The normalized spacial score (nSPS) is 12.8. The maximum Gasteiger partial charge on any atom is 0.250 e. The van der Waals surface area contributed by atoms with E-state index in [1.165, 1.54) is 10.6 Å². The Hall–Kier alpha value is -1.09. The van der Waals surface area contributed by atoms with Gasteiger partial charge in [0.1, 0.15) is 0 Å². The number of nitrogens with zero attached hydrogens (tertiary/aromatic N) is 1. The third-order valence-electron chi connectivity index (χ3n) is 1.78. The maximum atomic E-state index is 11.1. The van der Waals surface area contributed by atoms with Crippen LogP contribution < -0.4 is 5.56 Å². The zero-order valence-electron chi connectivity index (χ0n) is 7.10. The summed E-state index contributed by atoms with van der Waals surface area (Å²) in [6, 6.07) is 4.96. The minimum Gasteiger partial charge on any atom is -0.391 e. The summed E-state index contributed by atoms with van der Waals surface area (Å²) in [6.07, 6.45) is 1.92. The van der Waals surface area contributed by atoms with Crippen LogP contribution in [0.4, 0.5) is 0 Å². The molecule has 0 bridgehead atoms. The molecule has 1 rings (SSSR count). The quantitative estimate of drug-likeness (QED) is 0.717. The first kappa shape index (κ1) is 9.00. The molecule has 0 fully saturated rings. The Morgan fingerprint density at radius 1 is 1.58 bits per heavy atom. The minimum absolute atomic E-state index is 0.0648. The van der Waals surface area contributed by atoms with Gasteiger partial charge in [-0.25, -0.2) is 0 Å². The zero-order valence-corrected chi connectivity index (χ0v) is 7.10. The van der Waals surface area contributed by atoms with Gasteiger partial charge >= 0.3 is 0 Å². The minimum atomic E-state index is -0.426. The van der Waals surface area contributed by atoms with Crippen molar-refractivity contribution in [3.8, 4) is 0 Å². The molecule has 1 N–H and O–H groups in total. The molecule has 0 spiro atoms. The number of aromatic nitrogens is 1. The summed E-state index contributed by atoms with van der Waals surface area (Å²) in [5.74, 6) is 0. The van der Waals surface area contributed by atoms with Gasteiger partial charge in [0, 0.05) is 12.3 Å². The van der Waals surface area contributed by atoms with Gasteiger partial charge in [-0.3, -0.25) is 4.79 Å². The van der Waals surface area contributed by atoms with Crippen molar-refractivity contribution in [2.45, 2.75) is 26.0 Å². The van der Waals surface area contributed by atoms with Gasteiger partial charge in [-0.1, -0.05) is 13.0 Å². The highest BCUT2D eigenvalue weighted by molar-refractivity contribution is 4.93. The van der Waals surface area contributed by atoms with Crippen molar-refractivity contribution >= 4 is 0 Å². The van der Waals surface area contributed by atoms with E-state index < -0.39 is 6.10 Å². The Morgan fingerprint density at radius 3 is 2.92 bits per heavy atom. The zero-order chi connectivity index (χ0) is 8.97. The smallest absolute Gasteiger partial charge is 0.250 e.